The normalized spacial score (nSPS) is 14.7. The molecule has 0 N–H and O–H groups in total. The van der Waals surface area contributed by atoms with E-state index >= 15 is 4.39 Å². The second-order valence-electron chi connectivity index (χ2n) is 13.7. The standard InChI is InChI=1S/C41H39FN5O13P/c1-28(48)46(22-35-23-47(41(51)57-35)33-15-18-38(36(42)19-33)45-21-32-20-44(2)43-37(32)24-45)40(50)54-27-53-39(49)31-13-16-34(17-14-31)58-61(52,59-55-25-29-9-5-3-6-10-29)60-56-26-30-11-7-4-8-12-30/h3-20,35H,21-27H2,1-2H3/t35-/m0/s1. The first-order valence-corrected chi connectivity index (χ1v) is 20.1. The van der Waals surface area contributed by atoms with Gasteiger partial charge in [-0.05, 0) is 53.6 Å². The topological polar surface area (TPSA) is 187 Å². The quantitative estimate of drug-likeness (QED) is 0.0306. The fourth-order valence-corrected chi connectivity index (χ4v) is 7.16. The van der Waals surface area contributed by atoms with Crippen molar-refractivity contribution in [3.63, 3.8) is 0 Å². The van der Waals surface area contributed by atoms with E-state index in [0.717, 1.165) is 18.2 Å². The molecule has 0 aliphatic carbocycles. The van der Waals surface area contributed by atoms with Gasteiger partial charge in [-0.15, -0.1) is 9.35 Å². The van der Waals surface area contributed by atoms with Crippen molar-refractivity contribution < 1.29 is 66.0 Å². The number of carbonyl (C=O) groups excluding carboxylic acids is 4. The number of nitrogens with zero attached hydrogens (tertiary/aromatic N) is 5. The van der Waals surface area contributed by atoms with Crippen LogP contribution in [0.1, 0.15) is 39.7 Å². The monoisotopic (exact) mass is 859 g/mol. The van der Waals surface area contributed by atoms with Crippen LogP contribution in [0.2, 0.25) is 0 Å². The van der Waals surface area contributed by atoms with E-state index in [-0.39, 0.29) is 36.8 Å². The summed E-state index contributed by atoms with van der Waals surface area (Å²) in [5, 5.41) is 4.39. The lowest BCUT2D eigenvalue weighted by molar-refractivity contribution is -0.287. The fraction of sp³-hybridized carbons (Fsp3) is 0.244. The number of hydrogen-bond donors (Lipinski definition) is 0. The molecule has 2 aliphatic heterocycles. The van der Waals surface area contributed by atoms with Crippen LogP contribution in [-0.2, 0) is 76.0 Å². The summed E-state index contributed by atoms with van der Waals surface area (Å²) in [6.45, 7) is 0.484. The molecule has 0 saturated carbocycles. The van der Waals surface area contributed by atoms with Gasteiger partial charge in [-0.25, -0.2) is 38.0 Å². The molecule has 4 aromatic carbocycles. The third kappa shape index (κ3) is 11.0. The number of fused-ring (bicyclic) bond motifs is 1. The number of carbonyl (C=O) groups is 4. The van der Waals surface area contributed by atoms with E-state index in [9.17, 15) is 23.7 Å². The Morgan fingerprint density at radius 1 is 0.885 bits per heavy atom. The highest BCUT2D eigenvalue weighted by molar-refractivity contribution is 7.48. The van der Waals surface area contributed by atoms with Crippen LogP contribution in [0.3, 0.4) is 0 Å². The van der Waals surface area contributed by atoms with Gasteiger partial charge in [0.25, 0.3) is 0 Å². The van der Waals surface area contributed by atoms with E-state index < -0.39 is 57.1 Å². The van der Waals surface area contributed by atoms with Crippen LogP contribution in [0, 0.1) is 5.82 Å². The summed E-state index contributed by atoms with van der Waals surface area (Å²) in [7, 11) is -2.73. The minimum absolute atomic E-state index is 0.0193. The predicted molar refractivity (Wildman–Crippen MR) is 211 cm³/mol. The highest BCUT2D eigenvalue weighted by atomic mass is 31.2. The number of anilines is 2. The number of cyclic esters (lactones) is 1. The van der Waals surface area contributed by atoms with E-state index in [4.69, 9.17) is 37.9 Å². The number of amides is 3. The molecule has 18 nitrogen and oxygen atoms in total. The number of rotatable bonds is 17. The van der Waals surface area contributed by atoms with Crippen molar-refractivity contribution in [3.8, 4) is 5.75 Å². The zero-order chi connectivity index (χ0) is 42.9. The van der Waals surface area contributed by atoms with Gasteiger partial charge in [0.2, 0.25) is 12.7 Å². The van der Waals surface area contributed by atoms with Crippen molar-refractivity contribution in [2.24, 2.45) is 7.05 Å². The van der Waals surface area contributed by atoms with Gasteiger partial charge in [-0.1, -0.05) is 60.7 Å². The highest BCUT2D eigenvalue weighted by Crippen LogP contribution is 2.50. The molecule has 1 aromatic heterocycles. The molecule has 1 fully saturated rings. The van der Waals surface area contributed by atoms with Crippen LogP contribution in [0.15, 0.2) is 109 Å². The molecule has 20 heteroatoms. The second-order valence-corrected chi connectivity index (χ2v) is 15.1. The number of hydrogen-bond acceptors (Lipinski definition) is 15. The summed E-state index contributed by atoms with van der Waals surface area (Å²) in [4.78, 5) is 64.9. The Morgan fingerprint density at radius 2 is 1.54 bits per heavy atom. The number of aromatic nitrogens is 2. The Morgan fingerprint density at radius 3 is 2.15 bits per heavy atom. The van der Waals surface area contributed by atoms with Crippen LogP contribution in [0.5, 0.6) is 5.75 Å². The lowest BCUT2D eigenvalue weighted by Gasteiger charge is -2.21. The summed E-state index contributed by atoms with van der Waals surface area (Å²) in [6.07, 6.45) is -1.06. The average molecular weight is 860 g/mol. The molecule has 0 bridgehead atoms. The van der Waals surface area contributed by atoms with Crippen molar-refractivity contribution >= 4 is 43.3 Å². The Balaban J connectivity index is 0.882. The summed E-state index contributed by atoms with van der Waals surface area (Å²) < 4.78 is 61.5. The van der Waals surface area contributed by atoms with Gasteiger partial charge in [0, 0.05) is 32.3 Å². The first-order valence-electron chi connectivity index (χ1n) is 18.7. The molecule has 318 valence electrons. The average Bonchev–Trinajstić information content (AvgIpc) is 3.92. The van der Waals surface area contributed by atoms with Crippen LogP contribution in [0.25, 0.3) is 0 Å². The fourth-order valence-electron chi connectivity index (χ4n) is 6.33. The minimum atomic E-state index is -4.55. The van der Waals surface area contributed by atoms with Gasteiger partial charge in [-0.2, -0.15) is 5.10 Å². The van der Waals surface area contributed by atoms with Crippen LogP contribution >= 0.6 is 7.82 Å². The number of aryl methyl sites for hydroxylation is 1. The predicted octanol–water partition coefficient (Wildman–Crippen LogP) is 6.99. The zero-order valence-corrected chi connectivity index (χ0v) is 33.7. The molecule has 5 aromatic rings. The molecule has 0 spiro atoms. The Bertz CT molecular complexity index is 2330. The van der Waals surface area contributed by atoms with E-state index in [1.54, 1.807) is 65.3 Å². The zero-order valence-electron chi connectivity index (χ0n) is 32.8. The molecular formula is C41H39FN5O13P. The summed E-state index contributed by atoms with van der Waals surface area (Å²) in [5.41, 5.74) is 3.85. The maximum absolute atomic E-state index is 15.3. The number of ether oxygens (including phenoxy) is 3. The van der Waals surface area contributed by atoms with Gasteiger partial charge in [0.05, 0.1) is 42.3 Å². The SMILES string of the molecule is CC(=O)N(C[C@H]1CN(c2ccc(N3Cc4cn(C)nc4C3)c(F)c2)C(=O)O1)C(=O)OCOC(=O)c1ccc(OP(=O)(OOCc2ccccc2)OOCc2ccccc2)cc1. The molecule has 3 heterocycles. The molecule has 2 aliphatic rings. The van der Waals surface area contributed by atoms with Crippen molar-refractivity contribution in [2.75, 3.05) is 29.7 Å². The third-order valence-corrected chi connectivity index (χ3v) is 10.3. The van der Waals surface area contributed by atoms with Crippen molar-refractivity contribution in [2.45, 2.75) is 39.3 Å². The molecule has 1 saturated heterocycles. The first-order chi connectivity index (χ1) is 29.4. The van der Waals surface area contributed by atoms with Crippen LogP contribution < -0.4 is 14.3 Å². The first kappa shape index (κ1) is 42.5. The molecule has 7 rings (SSSR count). The van der Waals surface area contributed by atoms with Crippen molar-refractivity contribution in [3.05, 3.63) is 143 Å². The van der Waals surface area contributed by atoms with Crippen LogP contribution in [0.4, 0.5) is 25.4 Å². The Labute approximate surface area is 348 Å². The largest absolute Gasteiger partial charge is 0.585 e. The smallest absolute Gasteiger partial charge is 0.442 e. The third-order valence-electron chi connectivity index (χ3n) is 9.24. The maximum atomic E-state index is 15.3. The van der Waals surface area contributed by atoms with Gasteiger partial charge in [-0.3, -0.25) is 14.4 Å². The van der Waals surface area contributed by atoms with E-state index in [1.807, 2.05) is 30.3 Å². The minimum Gasteiger partial charge on any atom is -0.442 e. The van der Waals surface area contributed by atoms with Gasteiger partial charge in [0.15, 0.2) is 0 Å². The Kier molecular flexibility index (Phi) is 13.4. The number of halogens is 1. The molecule has 0 unspecified atom stereocenters. The molecule has 0 radical (unpaired) electrons. The summed E-state index contributed by atoms with van der Waals surface area (Å²) in [5.74, 6) is -2.27. The number of imide groups is 1. The second kappa shape index (κ2) is 19.2. The summed E-state index contributed by atoms with van der Waals surface area (Å²) in [6, 6.07) is 27.3. The van der Waals surface area contributed by atoms with E-state index in [0.29, 0.717) is 34.8 Å². The highest BCUT2D eigenvalue weighted by Gasteiger charge is 2.37. The van der Waals surface area contributed by atoms with E-state index in [1.165, 1.54) is 35.2 Å². The van der Waals surface area contributed by atoms with Crippen molar-refractivity contribution in [1.29, 1.82) is 0 Å². The lowest BCUT2D eigenvalue weighted by Crippen LogP contribution is -2.42. The molecular weight excluding hydrogens is 820 g/mol. The lowest BCUT2D eigenvalue weighted by atomic mass is 10.2. The number of benzene rings is 4. The Hall–Kier alpha value is -6.63. The molecule has 3 amide bonds. The van der Waals surface area contributed by atoms with Gasteiger partial charge < -0.3 is 23.6 Å². The van der Waals surface area contributed by atoms with Crippen LogP contribution in [-0.4, -0.2) is 64.7 Å². The number of phosphoric acid groups is 1. The van der Waals surface area contributed by atoms with Gasteiger partial charge >= 0.3 is 26.0 Å². The van der Waals surface area contributed by atoms with Gasteiger partial charge in [0.1, 0.15) is 30.9 Å². The maximum Gasteiger partial charge on any atom is 0.585 e. The molecule has 61 heavy (non-hydrogen) atoms. The number of esters is 1. The van der Waals surface area contributed by atoms with Crippen molar-refractivity contribution in [1.82, 2.24) is 14.7 Å². The molecule has 1 atom stereocenters. The summed E-state index contributed by atoms with van der Waals surface area (Å²) >= 11 is 0. The van der Waals surface area contributed by atoms with E-state index in [2.05, 4.69) is 5.10 Å².